The molecule has 1 aromatic heterocycles. The summed E-state index contributed by atoms with van der Waals surface area (Å²) >= 11 is 0. The van der Waals surface area contributed by atoms with E-state index in [0.29, 0.717) is 23.0 Å². The predicted molar refractivity (Wildman–Crippen MR) is 101 cm³/mol. The van der Waals surface area contributed by atoms with Crippen LogP contribution in [-0.2, 0) is 13.0 Å². The molecule has 1 aliphatic heterocycles. The number of carbonyl (C=O) groups is 1. The monoisotopic (exact) mass is 365 g/mol. The van der Waals surface area contributed by atoms with E-state index in [4.69, 9.17) is 0 Å². The molecule has 0 N–H and O–H groups in total. The van der Waals surface area contributed by atoms with Crippen LogP contribution in [0.1, 0.15) is 41.1 Å². The first-order valence-corrected chi connectivity index (χ1v) is 9.02. The Labute approximate surface area is 156 Å². The molecule has 0 unspecified atom stereocenters. The van der Waals surface area contributed by atoms with Gasteiger partial charge in [0.1, 0.15) is 11.6 Å². The van der Waals surface area contributed by atoms with E-state index in [1.807, 2.05) is 6.92 Å². The summed E-state index contributed by atoms with van der Waals surface area (Å²) in [4.78, 5) is 31.7. The highest BCUT2D eigenvalue weighted by Gasteiger charge is 2.21. The van der Waals surface area contributed by atoms with Gasteiger partial charge in [-0.25, -0.2) is 9.37 Å². The van der Waals surface area contributed by atoms with Gasteiger partial charge in [0.05, 0.1) is 16.9 Å². The van der Waals surface area contributed by atoms with Gasteiger partial charge in [-0.15, -0.1) is 0 Å². The van der Waals surface area contributed by atoms with Crippen molar-refractivity contribution in [3.05, 3.63) is 75.6 Å². The molecule has 1 atom stereocenters. The lowest BCUT2D eigenvalue weighted by atomic mass is 10.1. The van der Waals surface area contributed by atoms with Crippen LogP contribution in [0.4, 0.5) is 4.39 Å². The van der Waals surface area contributed by atoms with Crippen molar-refractivity contribution in [2.45, 2.75) is 32.4 Å². The number of carbonyl (C=O) groups excluding carboxylic acids is 1. The van der Waals surface area contributed by atoms with Crippen LogP contribution in [0.15, 0.2) is 47.3 Å². The zero-order chi connectivity index (χ0) is 19.1. The van der Waals surface area contributed by atoms with Crippen LogP contribution in [0.5, 0.6) is 0 Å². The van der Waals surface area contributed by atoms with Gasteiger partial charge < -0.3 is 4.90 Å². The standard InChI is InChI=1S/C21H20FN3O2/c1-13(14-5-8-16(22)9-6-14)24(2)20(26)15-7-10-17-18(12-15)23-19-4-3-11-25(19)21(17)27/h5-10,12-13H,3-4,11H2,1-2H3/t13-/m0/s1. The highest BCUT2D eigenvalue weighted by Crippen LogP contribution is 2.22. The molecule has 4 rings (SSSR count). The van der Waals surface area contributed by atoms with Gasteiger partial charge in [0.2, 0.25) is 0 Å². The fraction of sp³-hybridized carbons (Fsp3) is 0.286. The topological polar surface area (TPSA) is 55.2 Å². The molecule has 6 heteroatoms. The first-order valence-electron chi connectivity index (χ1n) is 9.02. The van der Waals surface area contributed by atoms with Crippen LogP contribution in [0, 0.1) is 5.82 Å². The van der Waals surface area contributed by atoms with Crippen LogP contribution < -0.4 is 5.56 Å². The van der Waals surface area contributed by atoms with Gasteiger partial charge in [0.25, 0.3) is 11.5 Å². The van der Waals surface area contributed by atoms with Crippen LogP contribution in [0.3, 0.4) is 0 Å². The minimum Gasteiger partial charge on any atom is -0.335 e. The van der Waals surface area contributed by atoms with Crippen molar-refractivity contribution in [1.82, 2.24) is 14.5 Å². The Hall–Kier alpha value is -3.02. The fourth-order valence-corrected chi connectivity index (χ4v) is 3.56. The number of nitrogens with zero attached hydrogens (tertiary/aromatic N) is 3. The second-order valence-corrected chi connectivity index (χ2v) is 6.96. The number of rotatable bonds is 3. The Bertz CT molecular complexity index is 1090. The molecule has 2 aromatic carbocycles. The summed E-state index contributed by atoms with van der Waals surface area (Å²) in [6.07, 6.45) is 1.70. The normalized spacial score (nSPS) is 14.2. The van der Waals surface area contributed by atoms with Crippen LogP contribution in [0.2, 0.25) is 0 Å². The Morgan fingerprint density at radius 1 is 1.22 bits per heavy atom. The Balaban J connectivity index is 1.67. The summed E-state index contributed by atoms with van der Waals surface area (Å²) in [7, 11) is 1.71. The molecule has 0 spiro atoms. The van der Waals surface area contributed by atoms with Gasteiger partial charge in [-0.3, -0.25) is 14.2 Å². The van der Waals surface area contributed by atoms with Crippen molar-refractivity contribution in [3.8, 4) is 0 Å². The number of halogens is 1. The summed E-state index contributed by atoms with van der Waals surface area (Å²) in [5.74, 6) is 0.306. The molecular weight excluding hydrogens is 345 g/mol. The second kappa shape index (κ2) is 6.61. The number of hydrogen-bond acceptors (Lipinski definition) is 3. The van der Waals surface area contributed by atoms with E-state index in [1.54, 1.807) is 46.8 Å². The lowest BCUT2D eigenvalue weighted by Gasteiger charge is -2.25. The molecular formula is C21H20FN3O2. The Morgan fingerprint density at radius 3 is 2.70 bits per heavy atom. The molecule has 27 heavy (non-hydrogen) atoms. The van der Waals surface area contributed by atoms with Gasteiger partial charge >= 0.3 is 0 Å². The summed E-state index contributed by atoms with van der Waals surface area (Å²) in [5, 5.41) is 0.534. The zero-order valence-corrected chi connectivity index (χ0v) is 15.3. The molecule has 0 saturated heterocycles. The minimum absolute atomic E-state index is 0.0421. The van der Waals surface area contributed by atoms with E-state index >= 15 is 0 Å². The third kappa shape index (κ3) is 3.01. The van der Waals surface area contributed by atoms with Gasteiger partial charge in [0, 0.05) is 25.6 Å². The third-order valence-corrected chi connectivity index (χ3v) is 5.32. The number of hydrogen-bond donors (Lipinski definition) is 0. The Kier molecular flexibility index (Phi) is 4.26. The molecule has 1 amide bonds. The average molecular weight is 365 g/mol. The first-order chi connectivity index (χ1) is 13.0. The molecule has 138 valence electrons. The average Bonchev–Trinajstić information content (AvgIpc) is 3.15. The van der Waals surface area contributed by atoms with Crippen molar-refractivity contribution in [2.75, 3.05) is 7.05 Å². The molecule has 0 fully saturated rings. The fourth-order valence-electron chi connectivity index (χ4n) is 3.56. The summed E-state index contributed by atoms with van der Waals surface area (Å²) in [6, 6.07) is 10.9. The summed E-state index contributed by atoms with van der Waals surface area (Å²) in [5.41, 5.74) is 1.84. The van der Waals surface area contributed by atoms with Gasteiger partial charge in [0.15, 0.2) is 0 Å². The van der Waals surface area contributed by atoms with Gasteiger partial charge in [-0.1, -0.05) is 12.1 Å². The second-order valence-electron chi connectivity index (χ2n) is 6.96. The molecule has 0 radical (unpaired) electrons. The maximum absolute atomic E-state index is 13.1. The van der Waals surface area contributed by atoms with E-state index in [1.165, 1.54) is 12.1 Å². The maximum atomic E-state index is 13.1. The lowest BCUT2D eigenvalue weighted by molar-refractivity contribution is 0.0743. The number of benzene rings is 2. The maximum Gasteiger partial charge on any atom is 0.261 e. The molecule has 3 aromatic rings. The summed E-state index contributed by atoms with van der Waals surface area (Å²) in [6.45, 7) is 2.60. The SMILES string of the molecule is C[C@@H](c1ccc(F)cc1)N(C)C(=O)c1ccc2c(=O)n3c(nc2c1)CCC3. The minimum atomic E-state index is -0.306. The van der Waals surface area contributed by atoms with E-state index in [2.05, 4.69) is 4.98 Å². The van der Waals surface area contributed by atoms with Crippen LogP contribution in [0.25, 0.3) is 10.9 Å². The molecule has 0 saturated carbocycles. The third-order valence-electron chi connectivity index (χ3n) is 5.32. The van der Waals surface area contributed by atoms with Crippen molar-refractivity contribution < 1.29 is 9.18 Å². The largest absolute Gasteiger partial charge is 0.335 e. The van der Waals surface area contributed by atoms with Crippen molar-refractivity contribution >= 4 is 16.8 Å². The smallest absolute Gasteiger partial charge is 0.261 e. The van der Waals surface area contributed by atoms with Crippen LogP contribution in [-0.4, -0.2) is 27.4 Å². The molecule has 2 heterocycles. The molecule has 0 bridgehead atoms. The van der Waals surface area contributed by atoms with E-state index in [0.717, 1.165) is 24.2 Å². The number of fused-ring (bicyclic) bond motifs is 2. The van der Waals surface area contributed by atoms with Crippen molar-refractivity contribution in [2.24, 2.45) is 0 Å². The number of aryl methyl sites for hydroxylation is 1. The number of aromatic nitrogens is 2. The summed E-state index contributed by atoms with van der Waals surface area (Å²) < 4.78 is 14.9. The van der Waals surface area contributed by atoms with Gasteiger partial charge in [-0.2, -0.15) is 0 Å². The lowest BCUT2D eigenvalue weighted by Crippen LogP contribution is -2.30. The van der Waals surface area contributed by atoms with Crippen molar-refractivity contribution in [3.63, 3.8) is 0 Å². The molecule has 5 nitrogen and oxygen atoms in total. The van der Waals surface area contributed by atoms with Crippen molar-refractivity contribution in [1.29, 1.82) is 0 Å². The quantitative estimate of drug-likeness (QED) is 0.716. The highest BCUT2D eigenvalue weighted by atomic mass is 19.1. The van der Waals surface area contributed by atoms with E-state index < -0.39 is 0 Å². The zero-order valence-electron chi connectivity index (χ0n) is 15.3. The predicted octanol–water partition coefficient (Wildman–Crippen LogP) is 3.32. The van der Waals surface area contributed by atoms with Gasteiger partial charge in [-0.05, 0) is 49.2 Å². The number of amides is 1. The first kappa shape index (κ1) is 17.4. The van der Waals surface area contributed by atoms with E-state index in [-0.39, 0.29) is 23.3 Å². The Morgan fingerprint density at radius 2 is 1.96 bits per heavy atom. The van der Waals surface area contributed by atoms with E-state index in [9.17, 15) is 14.0 Å². The molecule has 0 aliphatic carbocycles. The highest BCUT2D eigenvalue weighted by molar-refractivity contribution is 5.97. The molecule has 1 aliphatic rings. The van der Waals surface area contributed by atoms with Crippen LogP contribution >= 0.6 is 0 Å².